The van der Waals surface area contributed by atoms with Crippen LogP contribution in [0.15, 0.2) is 0 Å². The fourth-order valence-corrected chi connectivity index (χ4v) is 7.69. The maximum atomic E-state index is 12.9. The fraction of sp³-hybridized carbons (Fsp3) is 0.882. The van der Waals surface area contributed by atoms with Gasteiger partial charge in [-0.25, -0.2) is 0 Å². The standard InChI is InChI=1S/C17H26O7S/c1-8(2)7-23-15(18)12-10-6-11-14(12)24-25(20,21)17(11,16(19)22-5)13(10)9(3)4/h8-14H,6-7H2,1-5H3. The fourth-order valence-electron chi connectivity index (χ4n) is 5.32. The van der Waals surface area contributed by atoms with E-state index in [1.54, 1.807) is 0 Å². The van der Waals surface area contributed by atoms with Gasteiger partial charge < -0.3 is 9.47 Å². The zero-order valence-corrected chi connectivity index (χ0v) is 16.0. The number of esters is 2. The second-order valence-electron chi connectivity index (χ2n) is 8.13. The van der Waals surface area contributed by atoms with E-state index in [1.807, 2.05) is 27.7 Å². The highest BCUT2D eigenvalue weighted by Gasteiger charge is 2.82. The molecule has 6 unspecified atom stereocenters. The van der Waals surface area contributed by atoms with Gasteiger partial charge in [-0.05, 0) is 30.1 Å². The first-order chi connectivity index (χ1) is 11.6. The number of hydrogen-bond donors (Lipinski definition) is 0. The average Bonchev–Trinajstić information content (AvgIpc) is 3.09. The highest BCUT2D eigenvalue weighted by Crippen LogP contribution is 2.68. The molecule has 0 aromatic carbocycles. The van der Waals surface area contributed by atoms with Gasteiger partial charge in [-0.15, -0.1) is 0 Å². The summed E-state index contributed by atoms with van der Waals surface area (Å²) in [6.07, 6.45) is -0.368. The van der Waals surface area contributed by atoms with Gasteiger partial charge in [-0.3, -0.25) is 13.8 Å². The molecule has 1 heterocycles. The van der Waals surface area contributed by atoms with Crippen LogP contribution in [0.25, 0.3) is 0 Å². The van der Waals surface area contributed by atoms with Crippen LogP contribution in [0.3, 0.4) is 0 Å². The Hall–Kier alpha value is -1.15. The van der Waals surface area contributed by atoms with Crippen molar-refractivity contribution in [1.29, 1.82) is 0 Å². The van der Waals surface area contributed by atoms with Crippen LogP contribution in [0.5, 0.6) is 0 Å². The van der Waals surface area contributed by atoms with Crippen LogP contribution in [0.4, 0.5) is 0 Å². The highest BCUT2D eigenvalue weighted by atomic mass is 32.2. The van der Waals surface area contributed by atoms with Crippen LogP contribution in [-0.2, 0) is 33.4 Å². The number of ether oxygens (including phenoxy) is 2. The normalized spacial score (nSPS) is 40.7. The maximum absolute atomic E-state index is 12.9. The summed E-state index contributed by atoms with van der Waals surface area (Å²) in [7, 11) is -2.99. The smallest absolute Gasteiger partial charge is 0.330 e. The van der Waals surface area contributed by atoms with Crippen molar-refractivity contribution in [1.82, 2.24) is 0 Å². The molecule has 3 rings (SSSR count). The minimum atomic E-state index is -4.18. The van der Waals surface area contributed by atoms with E-state index in [9.17, 15) is 18.0 Å². The molecule has 0 radical (unpaired) electrons. The molecule has 0 aromatic heterocycles. The molecule has 0 N–H and O–H groups in total. The number of carbonyl (C=O) groups excluding carboxylic acids is 2. The lowest BCUT2D eigenvalue weighted by molar-refractivity contribution is -0.159. The predicted molar refractivity (Wildman–Crippen MR) is 87.8 cm³/mol. The summed E-state index contributed by atoms with van der Waals surface area (Å²) >= 11 is 0. The number of fused-ring (bicyclic) bond motifs is 1. The summed E-state index contributed by atoms with van der Waals surface area (Å²) in [5, 5.41) is 0. The van der Waals surface area contributed by atoms with E-state index in [2.05, 4.69) is 0 Å². The quantitative estimate of drug-likeness (QED) is 0.529. The molecule has 7 nitrogen and oxygen atoms in total. The molecule has 0 aromatic rings. The van der Waals surface area contributed by atoms with Crippen LogP contribution in [0.2, 0.25) is 0 Å². The van der Waals surface area contributed by atoms with Crippen molar-refractivity contribution in [2.24, 2.45) is 35.5 Å². The van der Waals surface area contributed by atoms with E-state index >= 15 is 0 Å². The summed E-state index contributed by atoms with van der Waals surface area (Å²) in [5.41, 5.74) is 0. The topological polar surface area (TPSA) is 96.0 Å². The molecule has 1 aliphatic heterocycles. The Kier molecular flexibility index (Phi) is 4.43. The van der Waals surface area contributed by atoms with Crippen molar-refractivity contribution in [2.45, 2.75) is 45.0 Å². The number of methoxy groups -OCH3 is 1. The first-order valence-electron chi connectivity index (χ1n) is 8.77. The zero-order chi connectivity index (χ0) is 18.7. The second kappa shape index (κ2) is 5.94. The van der Waals surface area contributed by atoms with Crippen molar-refractivity contribution in [3.05, 3.63) is 0 Å². The molecule has 3 fully saturated rings. The van der Waals surface area contributed by atoms with Crippen LogP contribution < -0.4 is 0 Å². The Labute approximate surface area is 148 Å². The first kappa shape index (κ1) is 18.6. The Balaban J connectivity index is 2.03. The van der Waals surface area contributed by atoms with Crippen molar-refractivity contribution < 1.29 is 31.7 Å². The van der Waals surface area contributed by atoms with E-state index in [1.165, 1.54) is 7.11 Å². The van der Waals surface area contributed by atoms with Crippen LogP contribution in [0.1, 0.15) is 34.1 Å². The Morgan fingerprint density at radius 1 is 1.24 bits per heavy atom. The van der Waals surface area contributed by atoms with Gasteiger partial charge in [0, 0.05) is 5.92 Å². The van der Waals surface area contributed by atoms with E-state index < -0.39 is 50.7 Å². The van der Waals surface area contributed by atoms with E-state index in [0.29, 0.717) is 6.42 Å². The average molecular weight is 374 g/mol. The van der Waals surface area contributed by atoms with Gasteiger partial charge in [0.25, 0.3) is 10.1 Å². The molecular formula is C17H26O7S. The molecule has 142 valence electrons. The minimum absolute atomic E-state index is 0.119. The van der Waals surface area contributed by atoms with E-state index in [-0.39, 0.29) is 24.4 Å². The Morgan fingerprint density at radius 2 is 1.88 bits per heavy atom. The van der Waals surface area contributed by atoms with Crippen LogP contribution in [0, 0.1) is 35.5 Å². The molecule has 0 spiro atoms. The van der Waals surface area contributed by atoms with Gasteiger partial charge in [0.2, 0.25) is 4.75 Å². The molecule has 1 saturated heterocycles. The van der Waals surface area contributed by atoms with Gasteiger partial charge >= 0.3 is 11.9 Å². The molecule has 2 aliphatic carbocycles. The molecule has 8 heteroatoms. The van der Waals surface area contributed by atoms with Gasteiger partial charge in [-0.2, -0.15) is 8.42 Å². The third kappa shape index (κ3) is 2.29. The zero-order valence-electron chi connectivity index (χ0n) is 15.2. The molecule has 3 aliphatic rings. The summed E-state index contributed by atoms with van der Waals surface area (Å²) in [5.74, 6) is -3.11. The van der Waals surface area contributed by atoms with Crippen molar-refractivity contribution in [3.63, 3.8) is 0 Å². The van der Waals surface area contributed by atoms with Gasteiger partial charge in [0.15, 0.2) is 0 Å². The van der Waals surface area contributed by atoms with Crippen molar-refractivity contribution >= 4 is 22.1 Å². The van der Waals surface area contributed by atoms with Gasteiger partial charge in [-0.1, -0.05) is 27.7 Å². The number of carbonyl (C=O) groups is 2. The van der Waals surface area contributed by atoms with Gasteiger partial charge in [0.05, 0.1) is 25.7 Å². The molecule has 25 heavy (non-hydrogen) atoms. The molecule has 2 bridgehead atoms. The molecule has 2 saturated carbocycles. The van der Waals surface area contributed by atoms with Crippen LogP contribution in [-0.4, -0.2) is 44.9 Å². The largest absolute Gasteiger partial charge is 0.468 e. The minimum Gasteiger partial charge on any atom is -0.468 e. The van der Waals surface area contributed by atoms with Crippen LogP contribution >= 0.6 is 0 Å². The number of rotatable bonds is 5. The summed E-state index contributed by atoms with van der Waals surface area (Å²) in [6, 6.07) is 0. The highest BCUT2D eigenvalue weighted by molar-refractivity contribution is 7.89. The summed E-state index contributed by atoms with van der Waals surface area (Å²) in [4.78, 5) is 25.2. The monoisotopic (exact) mass is 374 g/mol. The molecular weight excluding hydrogens is 348 g/mol. The maximum Gasteiger partial charge on any atom is 0.330 e. The first-order valence-corrected chi connectivity index (χ1v) is 10.2. The summed E-state index contributed by atoms with van der Waals surface area (Å²) < 4.78 is 39.7. The third-order valence-electron chi connectivity index (χ3n) is 5.95. The lowest BCUT2D eigenvalue weighted by Gasteiger charge is -2.39. The predicted octanol–water partition coefficient (Wildman–Crippen LogP) is 1.36. The molecule has 0 amide bonds. The SMILES string of the molecule is COC(=O)C12C3CC(C(C(=O)OCC(C)C)C3OS1(=O)=O)C2C(C)C. The summed E-state index contributed by atoms with van der Waals surface area (Å²) in [6.45, 7) is 7.89. The lowest BCUT2D eigenvalue weighted by Crippen LogP contribution is -2.57. The Bertz CT molecular complexity index is 683. The van der Waals surface area contributed by atoms with Crippen molar-refractivity contribution in [2.75, 3.05) is 13.7 Å². The van der Waals surface area contributed by atoms with E-state index in [4.69, 9.17) is 13.7 Å². The third-order valence-corrected chi connectivity index (χ3v) is 7.99. The van der Waals surface area contributed by atoms with Crippen molar-refractivity contribution in [3.8, 4) is 0 Å². The Morgan fingerprint density at radius 3 is 2.40 bits per heavy atom. The molecule has 6 atom stereocenters. The van der Waals surface area contributed by atoms with Gasteiger partial charge in [0.1, 0.15) is 0 Å². The lowest BCUT2D eigenvalue weighted by atomic mass is 9.67. The number of hydrogen-bond acceptors (Lipinski definition) is 7. The second-order valence-corrected chi connectivity index (χ2v) is 9.90. The van der Waals surface area contributed by atoms with E-state index in [0.717, 1.165) is 0 Å².